The summed E-state index contributed by atoms with van der Waals surface area (Å²) in [7, 11) is -3.89. The Morgan fingerprint density at radius 1 is 1.19 bits per heavy atom. The molecule has 1 heterocycles. The number of rotatable bonds is 10. The van der Waals surface area contributed by atoms with Gasteiger partial charge in [-0.25, -0.2) is 9.59 Å². The summed E-state index contributed by atoms with van der Waals surface area (Å²) in [5, 5.41) is 4.30. The van der Waals surface area contributed by atoms with Crippen LogP contribution in [0.4, 0.5) is 13.2 Å². The SMILES string of the molecule is CCC(OS(C)(=O)=O)C(=O)OCOc1ccc(Cl)cc1Cn1nc(-c2ccc(C(F)(F)F)cc2)oc1=O. The van der Waals surface area contributed by atoms with Crippen LogP contribution in [0.5, 0.6) is 5.75 Å². The largest absolute Gasteiger partial charge is 0.457 e. The van der Waals surface area contributed by atoms with Crippen molar-refractivity contribution in [2.24, 2.45) is 0 Å². The fourth-order valence-electron chi connectivity index (χ4n) is 3.03. The van der Waals surface area contributed by atoms with Crippen LogP contribution in [0, 0.1) is 0 Å². The van der Waals surface area contributed by atoms with Crippen molar-refractivity contribution < 1.29 is 44.5 Å². The lowest BCUT2D eigenvalue weighted by atomic mass is 10.1. The normalized spacial score (nSPS) is 12.8. The van der Waals surface area contributed by atoms with Gasteiger partial charge in [-0.3, -0.25) is 4.18 Å². The molecule has 10 nitrogen and oxygen atoms in total. The molecule has 0 radical (unpaired) electrons. The molecule has 0 aliphatic rings. The number of hydrogen-bond acceptors (Lipinski definition) is 9. The van der Waals surface area contributed by atoms with Crippen LogP contribution in [-0.2, 0) is 36.6 Å². The number of carbonyl (C=O) groups is 1. The van der Waals surface area contributed by atoms with E-state index in [-0.39, 0.29) is 35.2 Å². The molecule has 0 spiro atoms. The van der Waals surface area contributed by atoms with E-state index in [9.17, 15) is 31.2 Å². The lowest BCUT2D eigenvalue weighted by molar-refractivity contribution is -0.158. The Balaban J connectivity index is 1.73. The van der Waals surface area contributed by atoms with Crippen molar-refractivity contribution in [3.8, 4) is 17.2 Å². The quantitative estimate of drug-likeness (QED) is 0.205. The van der Waals surface area contributed by atoms with Gasteiger partial charge in [-0.15, -0.1) is 5.10 Å². The number of halogens is 4. The second kappa shape index (κ2) is 11.4. The molecule has 0 saturated carbocycles. The van der Waals surface area contributed by atoms with Crippen LogP contribution in [0.25, 0.3) is 11.5 Å². The van der Waals surface area contributed by atoms with E-state index in [1.807, 2.05) is 0 Å². The van der Waals surface area contributed by atoms with Gasteiger partial charge in [0.2, 0.25) is 12.7 Å². The summed E-state index contributed by atoms with van der Waals surface area (Å²) in [5.74, 6) is -1.90. The van der Waals surface area contributed by atoms with Gasteiger partial charge in [0, 0.05) is 16.1 Å². The molecule has 1 aromatic heterocycles. The number of hydrogen-bond donors (Lipinski definition) is 0. The predicted molar refractivity (Wildman–Crippen MR) is 123 cm³/mol. The zero-order chi connectivity index (χ0) is 27.4. The van der Waals surface area contributed by atoms with E-state index in [0.29, 0.717) is 5.56 Å². The number of alkyl halides is 3. The first-order chi connectivity index (χ1) is 17.3. The van der Waals surface area contributed by atoms with Gasteiger partial charge in [0.1, 0.15) is 5.75 Å². The fourth-order valence-corrected chi connectivity index (χ4v) is 3.86. The Morgan fingerprint density at radius 2 is 1.86 bits per heavy atom. The van der Waals surface area contributed by atoms with E-state index < -0.39 is 46.5 Å². The number of carbonyl (C=O) groups excluding carboxylic acids is 1. The molecule has 0 bridgehead atoms. The summed E-state index contributed by atoms with van der Waals surface area (Å²) in [5.41, 5.74) is -0.384. The van der Waals surface area contributed by atoms with E-state index in [0.717, 1.165) is 35.2 Å². The molecule has 0 amide bonds. The molecular weight excluding hydrogens is 545 g/mol. The van der Waals surface area contributed by atoms with Crippen LogP contribution in [0.2, 0.25) is 5.02 Å². The standard InChI is InChI=1S/C22H20ClF3N2O8S/c1-3-17(36-37(2,31)32)20(29)34-12-33-18-9-8-16(23)10-14(18)11-28-21(30)35-19(27-28)13-4-6-15(7-5-13)22(24,25)26/h4-10,17H,3,11-12H2,1-2H3. The number of ether oxygens (including phenoxy) is 2. The second-order valence-corrected chi connectivity index (χ2v) is 9.62. The minimum absolute atomic E-state index is 0.0362. The Hall–Kier alpha value is -3.36. The maximum Gasteiger partial charge on any atom is 0.437 e. The Kier molecular flexibility index (Phi) is 8.66. The summed E-state index contributed by atoms with van der Waals surface area (Å²) in [6, 6.07) is 8.29. The molecule has 2 aromatic carbocycles. The summed E-state index contributed by atoms with van der Waals surface area (Å²) >= 11 is 6.04. The van der Waals surface area contributed by atoms with Crippen molar-refractivity contribution in [3.05, 3.63) is 69.2 Å². The fraction of sp³-hybridized carbons (Fsp3) is 0.318. The van der Waals surface area contributed by atoms with Gasteiger partial charge in [-0.2, -0.15) is 26.3 Å². The van der Waals surface area contributed by atoms with Crippen LogP contribution in [-0.4, -0.2) is 43.3 Å². The Morgan fingerprint density at radius 3 is 2.46 bits per heavy atom. The highest BCUT2D eigenvalue weighted by atomic mass is 35.5. The van der Waals surface area contributed by atoms with Gasteiger partial charge in [0.25, 0.3) is 10.1 Å². The number of aromatic nitrogens is 2. The van der Waals surface area contributed by atoms with Crippen LogP contribution in [0.3, 0.4) is 0 Å². The minimum Gasteiger partial charge on any atom is -0.457 e. The van der Waals surface area contributed by atoms with Crippen LogP contribution < -0.4 is 10.5 Å². The zero-order valence-electron chi connectivity index (χ0n) is 19.3. The van der Waals surface area contributed by atoms with Gasteiger partial charge < -0.3 is 13.9 Å². The first-order valence-electron chi connectivity index (χ1n) is 10.5. The molecule has 3 aromatic rings. The molecule has 37 heavy (non-hydrogen) atoms. The summed E-state index contributed by atoms with van der Waals surface area (Å²) in [6.45, 7) is 0.715. The highest BCUT2D eigenvalue weighted by molar-refractivity contribution is 7.86. The lowest BCUT2D eigenvalue weighted by Gasteiger charge is -2.15. The highest BCUT2D eigenvalue weighted by Crippen LogP contribution is 2.30. The maximum absolute atomic E-state index is 12.8. The third kappa shape index (κ3) is 7.81. The van der Waals surface area contributed by atoms with Crippen molar-refractivity contribution >= 4 is 27.7 Å². The van der Waals surface area contributed by atoms with Gasteiger partial charge >= 0.3 is 17.9 Å². The highest BCUT2D eigenvalue weighted by Gasteiger charge is 2.30. The van der Waals surface area contributed by atoms with E-state index in [4.69, 9.17) is 25.5 Å². The number of nitrogens with zero attached hydrogens (tertiary/aromatic N) is 2. The molecule has 0 aliphatic heterocycles. The summed E-state index contributed by atoms with van der Waals surface area (Å²) in [6.07, 6.45) is -5.03. The van der Waals surface area contributed by atoms with E-state index in [1.165, 1.54) is 25.1 Å². The Labute approximate surface area is 213 Å². The predicted octanol–water partition coefficient (Wildman–Crippen LogP) is 3.86. The average Bonchev–Trinajstić information content (AvgIpc) is 3.17. The van der Waals surface area contributed by atoms with Crippen LogP contribution in [0.15, 0.2) is 51.7 Å². The first-order valence-corrected chi connectivity index (χ1v) is 12.7. The third-order valence-corrected chi connectivity index (χ3v) is 5.57. The summed E-state index contributed by atoms with van der Waals surface area (Å²) < 4.78 is 81.9. The molecule has 200 valence electrons. The molecule has 3 rings (SSSR count). The first kappa shape index (κ1) is 28.2. The van der Waals surface area contributed by atoms with Crippen LogP contribution in [0.1, 0.15) is 24.5 Å². The molecule has 1 unspecified atom stereocenters. The monoisotopic (exact) mass is 564 g/mol. The van der Waals surface area contributed by atoms with Gasteiger partial charge in [-0.1, -0.05) is 18.5 Å². The molecule has 0 saturated heterocycles. The van der Waals surface area contributed by atoms with Gasteiger partial charge in [0.15, 0.2) is 6.10 Å². The van der Waals surface area contributed by atoms with E-state index in [1.54, 1.807) is 0 Å². The van der Waals surface area contributed by atoms with Crippen molar-refractivity contribution in [2.75, 3.05) is 13.0 Å². The van der Waals surface area contributed by atoms with Crippen molar-refractivity contribution in [1.82, 2.24) is 9.78 Å². The topological polar surface area (TPSA) is 127 Å². The van der Waals surface area contributed by atoms with Gasteiger partial charge in [0.05, 0.1) is 18.4 Å². The molecule has 0 fully saturated rings. The summed E-state index contributed by atoms with van der Waals surface area (Å²) in [4.78, 5) is 24.4. The molecule has 0 aliphatic carbocycles. The Bertz CT molecular complexity index is 1420. The van der Waals surface area contributed by atoms with Crippen molar-refractivity contribution in [1.29, 1.82) is 0 Å². The molecule has 1 atom stereocenters. The van der Waals surface area contributed by atoms with E-state index >= 15 is 0 Å². The minimum atomic E-state index is -4.52. The van der Waals surface area contributed by atoms with Crippen LogP contribution >= 0.6 is 11.6 Å². The maximum atomic E-state index is 12.8. The molecule has 15 heteroatoms. The van der Waals surface area contributed by atoms with Gasteiger partial charge in [-0.05, 0) is 48.9 Å². The van der Waals surface area contributed by atoms with Crippen molar-refractivity contribution in [2.45, 2.75) is 32.2 Å². The second-order valence-electron chi connectivity index (χ2n) is 7.58. The van der Waals surface area contributed by atoms with Crippen molar-refractivity contribution in [3.63, 3.8) is 0 Å². The van der Waals surface area contributed by atoms with E-state index in [2.05, 4.69) is 9.28 Å². The molecule has 0 N–H and O–H groups in total. The third-order valence-electron chi connectivity index (χ3n) is 4.75. The molecular formula is C22H20ClF3N2O8S. The lowest BCUT2D eigenvalue weighted by Crippen LogP contribution is -2.29. The smallest absolute Gasteiger partial charge is 0.437 e. The average molecular weight is 565 g/mol. The number of esters is 1. The zero-order valence-corrected chi connectivity index (χ0v) is 20.9. The number of benzene rings is 2.